The van der Waals surface area contributed by atoms with Gasteiger partial charge in [-0.25, -0.2) is 4.79 Å². The third-order valence-electron chi connectivity index (χ3n) is 19.4. The van der Waals surface area contributed by atoms with Crippen LogP contribution in [0.2, 0.25) is 0 Å². The standard InChI is InChI=1S/C38H49N13O14.C23H45N5O12/c39-47-43-14-25-29(55)30(56)27(46-50-42)36(61-25)64-33-26(17-52)62-37(31(33)57)65-34-28(54)22(44-48-40)13-23(45-49-41)32(34)63-35-24(53)12-11-21(60-35)16-51(15-19-7-3-1-4-8-19)38(58)59-18-20-9-5-2-6-10-20;24-4-7-1-2-10(30)21(35-7)38-18-9(27)3-8(26)14(31)20(18)40-23-17(34)19(12(6-29)37-23)39-22-13(28)16(33)15(32)11(5-25)36-22/h1-10,21-37,52-57H,11-18H2;7-23,29-34H,1-6,24-28H2/t21-,22+,23-,24+,25-,26+,27+,28-,29+,30+,31+,32+,33+,34+,35+,36+,37-;7-,8+,9-,10+,11-,12+,13+,14-,15+,16+,17+,18+,19+,20+,21+,22+,23-/m00/s1. The molecule has 6 saturated heterocycles. The van der Waals surface area contributed by atoms with Crippen LogP contribution < -0.4 is 28.7 Å². The zero-order valence-electron chi connectivity index (χ0n) is 56.6. The number of benzene rings is 2. The number of hydrogen-bond acceptors (Lipinski definition) is 35. The van der Waals surface area contributed by atoms with Crippen molar-refractivity contribution in [1.29, 1.82) is 0 Å². The lowest BCUT2D eigenvalue weighted by Crippen LogP contribution is -2.65. The number of hydrogen-bond donors (Lipinski definition) is 17. The molecule has 8 fully saturated rings. The van der Waals surface area contributed by atoms with Crippen molar-refractivity contribution in [1.82, 2.24) is 4.90 Å². The molecule has 44 nitrogen and oxygen atoms in total. The van der Waals surface area contributed by atoms with Gasteiger partial charge in [-0.15, -0.1) is 0 Å². The molecule has 8 aliphatic rings. The summed E-state index contributed by atoms with van der Waals surface area (Å²) in [5, 5.41) is 143. The van der Waals surface area contributed by atoms with Crippen molar-refractivity contribution in [2.45, 2.75) is 260 Å². The number of carbonyl (C=O) groups is 1. The summed E-state index contributed by atoms with van der Waals surface area (Å²) >= 11 is 0. The quantitative estimate of drug-likeness (QED) is 0.0228. The Balaban J connectivity index is 0.000000273. The fourth-order valence-corrected chi connectivity index (χ4v) is 13.7. The fourth-order valence-electron chi connectivity index (χ4n) is 13.7. The largest absolute Gasteiger partial charge is 0.445 e. The molecule has 0 radical (unpaired) electrons. The number of amides is 1. The third-order valence-corrected chi connectivity index (χ3v) is 19.4. The average molecular weight is 1500 g/mol. The van der Waals surface area contributed by atoms with Crippen molar-refractivity contribution in [2.24, 2.45) is 49.1 Å². The van der Waals surface area contributed by atoms with E-state index in [1.54, 1.807) is 0 Å². The maximum Gasteiger partial charge on any atom is 0.410 e. The van der Waals surface area contributed by atoms with E-state index in [1.165, 1.54) is 4.90 Å². The molecule has 0 spiro atoms. The number of ether oxygens (including phenoxy) is 13. The van der Waals surface area contributed by atoms with Gasteiger partial charge in [0, 0.05) is 51.4 Å². The summed E-state index contributed by atoms with van der Waals surface area (Å²) in [5.74, 6) is 0. The zero-order valence-corrected chi connectivity index (χ0v) is 56.6. The average Bonchev–Trinajstić information content (AvgIpc) is 1.74. The van der Waals surface area contributed by atoms with Crippen molar-refractivity contribution < 1.29 is 128 Å². The molecule has 0 aromatic heterocycles. The molecule has 2 aliphatic carbocycles. The monoisotopic (exact) mass is 1490 g/mol. The van der Waals surface area contributed by atoms with E-state index < -0.39 is 228 Å². The molecule has 1 amide bonds. The van der Waals surface area contributed by atoms with Crippen LogP contribution in [0.3, 0.4) is 0 Å². The molecule has 0 unspecified atom stereocenters. The molecule has 44 heteroatoms. The smallest absolute Gasteiger partial charge is 0.410 e. The highest BCUT2D eigenvalue weighted by atomic mass is 16.8. The molecule has 2 aromatic carbocycles. The number of aliphatic hydroxyl groups is 12. The summed E-state index contributed by atoms with van der Waals surface area (Å²) in [7, 11) is 0. The molecule has 2 aromatic rings. The highest BCUT2D eigenvalue weighted by molar-refractivity contribution is 5.67. The van der Waals surface area contributed by atoms with Crippen LogP contribution in [0.1, 0.15) is 49.7 Å². The van der Waals surface area contributed by atoms with Gasteiger partial charge in [0.05, 0.1) is 87.2 Å². The molecule has 0 bridgehead atoms. The second-order valence-corrected chi connectivity index (χ2v) is 26.5. The SMILES string of the molecule is NC[C@@H]1CC[C@@H](O)[C@@H](O[C@H]2[C@H](O[C@@H]3O[C@H](CO)[C@@H](O[C@H]4O[C@@H](CN)[C@@H](O)[C@H](O)[C@H]4N)[C@H]3O)[C@@H](O)[C@H](N)C[C@@H]2N)O1.[N-]=[N+]=NC[C@@H]1O[C@H](O[C@H]2[C@@H](O)[C@H](O[C@@H]3[C@@H](O)[C@H](N=[N+]=[N-])C[C@H](N=[N+]=[N-])[C@H]3O[C@H]3O[C@H](CN(Cc4ccccc4)C(=O)OCc4ccccc4)CC[C@H]3O)O[C@@H]2CO)[C@H](N=[N+]=[N-])[C@@H](O)[C@@H]1O. The number of azide groups is 4. The first kappa shape index (κ1) is 82.8. The van der Waals surface area contributed by atoms with E-state index in [1.807, 2.05) is 60.7 Å². The number of rotatable bonds is 27. The summed E-state index contributed by atoms with van der Waals surface area (Å²) in [5.41, 5.74) is 68.2. The summed E-state index contributed by atoms with van der Waals surface area (Å²) in [4.78, 5) is 26.0. The minimum Gasteiger partial charge on any atom is -0.445 e. The van der Waals surface area contributed by atoms with Crippen molar-refractivity contribution in [3.8, 4) is 0 Å². The minimum atomic E-state index is -1.87. The van der Waals surface area contributed by atoms with Gasteiger partial charge in [-0.2, -0.15) is 0 Å². The molecule has 2 saturated carbocycles. The maximum atomic E-state index is 13.6. The molecule has 105 heavy (non-hydrogen) atoms. The van der Waals surface area contributed by atoms with Gasteiger partial charge < -0.3 is 156 Å². The fraction of sp³-hybridized carbons (Fsp3) is 0.787. The van der Waals surface area contributed by atoms with Crippen LogP contribution in [0.25, 0.3) is 41.8 Å². The minimum absolute atomic E-state index is 0.00647. The van der Waals surface area contributed by atoms with Crippen molar-refractivity contribution in [2.75, 3.05) is 39.4 Å². The van der Waals surface area contributed by atoms with Gasteiger partial charge in [-0.05, 0) is 71.8 Å². The first-order valence-corrected chi connectivity index (χ1v) is 34.2. The zero-order chi connectivity index (χ0) is 75.8. The van der Waals surface area contributed by atoms with Crippen LogP contribution in [-0.2, 0) is 74.7 Å². The van der Waals surface area contributed by atoms with Gasteiger partial charge in [0.15, 0.2) is 37.7 Å². The normalized spacial score (nSPS) is 41.9. The van der Waals surface area contributed by atoms with Crippen molar-refractivity contribution in [3.63, 3.8) is 0 Å². The molecule has 22 N–H and O–H groups in total. The predicted octanol–water partition coefficient (Wildman–Crippen LogP) is -4.32. The molecule has 34 atom stereocenters. The van der Waals surface area contributed by atoms with Gasteiger partial charge in [0.2, 0.25) is 0 Å². The second kappa shape index (κ2) is 39.2. The van der Waals surface area contributed by atoms with Crippen molar-refractivity contribution in [3.05, 3.63) is 114 Å². The van der Waals surface area contributed by atoms with Crippen LogP contribution >= 0.6 is 0 Å². The van der Waals surface area contributed by atoms with E-state index in [4.69, 9.17) is 95.8 Å². The Morgan fingerprint density at radius 2 is 0.981 bits per heavy atom. The molecule has 10 rings (SSSR count). The van der Waals surface area contributed by atoms with Crippen LogP contribution in [-0.4, -0.2) is 320 Å². The van der Waals surface area contributed by atoms with Gasteiger partial charge in [0.25, 0.3) is 0 Å². The van der Waals surface area contributed by atoms with Crippen molar-refractivity contribution >= 4 is 6.09 Å². The summed E-state index contributed by atoms with van der Waals surface area (Å²) < 4.78 is 76.6. The van der Waals surface area contributed by atoms with Crippen LogP contribution in [0.4, 0.5) is 4.79 Å². The van der Waals surface area contributed by atoms with Crippen LogP contribution in [0.15, 0.2) is 81.1 Å². The van der Waals surface area contributed by atoms with E-state index in [-0.39, 0.29) is 64.6 Å². The molecular formula is C61H94N18O26. The Morgan fingerprint density at radius 1 is 0.476 bits per heavy atom. The van der Waals surface area contributed by atoms with E-state index >= 15 is 0 Å². The number of aliphatic hydroxyl groups excluding tert-OH is 12. The molecule has 584 valence electrons. The predicted molar refractivity (Wildman–Crippen MR) is 351 cm³/mol. The highest BCUT2D eigenvalue weighted by Crippen LogP contribution is 2.39. The summed E-state index contributed by atoms with van der Waals surface area (Å²) in [6.45, 7) is -1.70. The lowest BCUT2D eigenvalue weighted by atomic mass is 9.84. The van der Waals surface area contributed by atoms with E-state index in [9.17, 15) is 82.7 Å². The molecular weight excluding hydrogens is 1400 g/mol. The first-order chi connectivity index (χ1) is 50.5. The van der Waals surface area contributed by atoms with E-state index in [2.05, 4.69) is 40.1 Å². The van der Waals surface area contributed by atoms with Gasteiger partial charge in [0.1, 0.15) is 104 Å². The van der Waals surface area contributed by atoms with E-state index in [0.29, 0.717) is 12.8 Å². The lowest BCUT2D eigenvalue weighted by molar-refractivity contribution is -0.303. The Kier molecular flexibility index (Phi) is 31.0. The topological polar surface area (TPSA) is 708 Å². The Labute approximate surface area is 598 Å². The van der Waals surface area contributed by atoms with Gasteiger partial charge in [-0.1, -0.05) is 81.1 Å². The first-order valence-electron chi connectivity index (χ1n) is 34.2. The number of nitrogens with two attached hydrogens (primary N) is 5. The lowest BCUT2D eigenvalue weighted by Gasteiger charge is -2.45. The molecule has 6 heterocycles. The second-order valence-electron chi connectivity index (χ2n) is 26.5. The highest BCUT2D eigenvalue weighted by Gasteiger charge is 2.57. The summed E-state index contributed by atoms with van der Waals surface area (Å²) in [6.07, 6.45) is -37.6. The summed E-state index contributed by atoms with van der Waals surface area (Å²) in [6, 6.07) is 11.3. The number of nitrogens with zero attached hydrogens (tertiary/aromatic N) is 13. The maximum absolute atomic E-state index is 13.6. The van der Waals surface area contributed by atoms with E-state index in [0.717, 1.165) is 11.1 Å². The van der Waals surface area contributed by atoms with Crippen LogP contribution in [0, 0.1) is 0 Å². The Morgan fingerprint density at radius 3 is 1.55 bits per heavy atom. The van der Waals surface area contributed by atoms with Gasteiger partial charge in [-0.3, -0.25) is 0 Å². The number of carbonyl (C=O) groups excluding carboxylic acids is 1. The molecule has 6 aliphatic heterocycles. The van der Waals surface area contributed by atoms with Gasteiger partial charge >= 0.3 is 6.09 Å². The van der Waals surface area contributed by atoms with Crippen LogP contribution in [0.5, 0.6) is 0 Å². The Bertz CT molecular complexity index is 3230. The Hall–Kier alpha value is -6.21. The third kappa shape index (κ3) is 20.4.